The molecule has 0 radical (unpaired) electrons. The summed E-state index contributed by atoms with van der Waals surface area (Å²) in [5.41, 5.74) is 1.10. The zero-order valence-corrected chi connectivity index (χ0v) is 16.8. The largest absolute Gasteiger partial charge is 0.493 e. The fourth-order valence-corrected chi connectivity index (χ4v) is 3.74. The quantitative estimate of drug-likeness (QED) is 0.563. The number of rotatable bonds is 4. The first-order chi connectivity index (χ1) is 13.1. The maximum atomic E-state index is 13.1. The summed E-state index contributed by atoms with van der Waals surface area (Å²) < 4.78 is 22.4. The number of nitrogens with one attached hydrogen (secondary N) is 1. The Balaban J connectivity index is 1.76. The van der Waals surface area contributed by atoms with Crippen LogP contribution in [0.1, 0.15) is 10.4 Å². The van der Waals surface area contributed by atoms with Gasteiger partial charge in [0.1, 0.15) is 0 Å². The maximum absolute atomic E-state index is 13.1. The number of ether oxygens (including phenoxy) is 4. The molecule has 0 saturated heterocycles. The van der Waals surface area contributed by atoms with Gasteiger partial charge in [-0.1, -0.05) is 12.1 Å². The van der Waals surface area contributed by atoms with Crippen LogP contribution >= 0.6 is 22.6 Å². The van der Waals surface area contributed by atoms with Crippen LogP contribution in [-0.4, -0.2) is 26.9 Å². The molecule has 0 aromatic heterocycles. The second-order valence-electron chi connectivity index (χ2n) is 5.84. The van der Waals surface area contributed by atoms with Crippen molar-refractivity contribution >= 4 is 45.0 Å². The second kappa shape index (κ2) is 7.15. The van der Waals surface area contributed by atoms with Crippen molar-refractivity contribution in [1.82, 2.24) is 0 Å². The summed E-state index contributed by atoms with van der Waals surface area (Å²) in [6.07, 6.45) is 0. The van der Waals surface area contributed by atoms with Gasteiger partial charge in [-0.3, -0.25) is 4.79 Å². The normalized spacial score (nSPS) is 12.1. The van der Waals surface area contributed by atoms with Crippen LogP contribution in [0.3, 0.4) is 0 Å². The van der Waals surface area contributed by atoms with Gasteiger partial charge in [-0.15, -0.1) is 0 Å². The molecule has 0 bridgehead atoms. The van der Waals surface area contributed by atoms with Crippen molar-refractivity contribution in [3.63, 3.8) is 0 Å². The van der Waals surface area contributed by atoms with Gasteiger partial charge in [0.05, 0.1) is 19.8 Å². The lowest BCUT2D eigenvalue weighted by Crippen LogP contribution is -2.15. The number of carbonyl (C=O) groups excluding carboxylic acids is 1. The number of anilines is 1. The summed E-state index contributed by atoms with van der Waals surface area (Å²) in [5, 5.41) is 4.80. The Labute approximate surface area is 169 Å². The predicted octanol–water partition coefficient (Wildman–Crippen LogP) is 4.44. The van der Waals surface area contributed by atoms with Crippen LogP contribution in [0.25, 0.3) is 10.8 Å². The average molecular weight is 477 g/mol. The van der Waals surface area contributed by atoms with Crippen molar-refractivity contribution in [3.8, 4) is 23.0 Å². The van der Waals surface area contributed by atoms with Gasteiger partial charge in [0.25, 0.3) is 5.91 Å². The van der Waals surface area contributed by atoms with Gasteiger partial charge in [-0.25, -0.2) is 0 Å². The monoisotopic (exact) mass is 477 g/mol. The van der Waals surface area contributed by atoms with Crippen LogP contribution < -0.4 is 24.3 Å². The summed E-state index contributed by atoms with van der Waals surface area (Å²) in [5.74, 6) is 2.00. The summed E-state index contributed by atoms with van der Waals surface area (Å²) in [6, 6.07) is 13.1. The lowest BCUT2D eigenvalue weighted by molar-refractivity contribution is 0.102. The Bertz CT molecular complexity index is 1050. The first kappa shape index (κ1) is 17.7. The molecule has 6 nitrogen and oxygen atoms in total. The average Bonchev–Trinajstić information content (AvgIpc) is 3.13. The van der Waals surface area contributed by atoms with Crippen molar-refractivity contribution in [1.29, 1.82) is 0 Å². The summed E-state index contributed by atoms with van der Waals surface area (Å²) in [6.45, 7) is 0.201. The SMILES string of the molecule is COc1ccc(I)c(C(=O)Nc2cccc3cc4c(cc23)OCO4)c1OC. The van der Waals surface area contributed by atoms with Crippen LogP contribution in [0.4, 0.5) is 5.69 Å². The Morgan fingerprint density at radius 3 is 2.59 bits per heavy atom. The second-order valence-corrected chi connectivity index (χ2v) is 7.01. The first-order valence-electron chi connectivity index (χ1n) is 8.16. The Kier molecular flexibility index (Phi) is 4.69. The highest BCUT2D eigenvalue weighted by Crippen LogP contribution is 2.39. The fourth-order valence-electron chi connectivity index (χ4n) is 3.07. The van der Waals surface area contributed by atoms with Crippen molar-refractivity contribution in [2.24, 2.45) is 0 Å². The van der Waals surface area contributed by atoms with E-state index in [2.05, 4.69) is 27.9 Å². The maximum Gasteiger partial charge on any atom is 0.260 e. The molecule has 0 aliphatic carbocycles. The van der Waals surface area contributed by atoms with E-state index in [1.807, 2.05) is 36.4 Å². The van der Waals surface area contributed by atoms with E-state index >= 15 is 0 Å². The van der Waals surface area contributed by atoms with Gasteiger partial charge in [-0.2, -0.15) is 0 Å². The van der Waals surface area contributed by atoms with Crippen LogP contribution in [-0.2, 0) is 0 Å². The van der Waals surface area contributed by atoms with Crippen molar-refractivity contribution in [2.75, 3.05) is 26.3 Å². The number of methoxy groups -OCH3 is 2. The molecule has 138 valence electrons. The van der Waals surface area contributed by atoms with Gasteiger partial charge in [0.2, 0.25) is 6.79 Å². The summed E-state index contributed by atoms with van der Waals surface area (Å²) >= 11 is 2.11. The Morgan fingerprint density at radius 2 is 1.85 bits per heavy atom. The minimum absolute atomic E-state index is 0.201. The molecule has 0 spiro atoms. The highest BCUT2D eigenvalue weighted by atomic mass is 127. The first-order valence-corrected chi connectivity index (χ1v) is 9.24. The number of amides is 1. The molecule has 0 atom stereocenters. The minimum atomic E-state index is -0.277. The van der Waals surface area contributed by atoms with Crippen LogP contribution in [0.5, 0.6) is 23.0 Å². The van der Waals surface area contributed by atoms with E-state index in [0.717, 1.165) is 14.3 Å². The highest BCUT2D eigenvalue weighted by Gasteiger charge is 2.22. The van der Waals surface area contributed by atoms with Crippen LogP contribution in [0, 0.1) is 3.57 Å². The van der Waals surface area contributed by atoms with Crippen molar-refractivity contribution in [3.05, 3.63) is 51.6 Å². The van der Waals surface area contributed by atoms with Gasteiger partial charge >= 0.3 is 0 Å². The molecule has 1 heterocycles. The summed E-state index contributed by atoms with van der Waals surface area (Å²) in [4.78, 5) is 13.1. The third-order valence-corrected chi connectivity index (χ3v) is 5.24. The molecule has 0 saturated carbocycles. The van der Waals surface area contributed by atoms with E-state index in [9.17, 15) is 4.79 Å². The van der Waals surface area contributed by atoms with Gasteiger partial charge in [0.15, 0.2) is 23.0 Å². The van der Waals surface area contributed by atoms with Crippen molar-refractivity contribution in [2.45, 2.75) is 0 Å². The van der Waals surface area contributed by atoms with E-state index in [0.29, 0.717) is 34.2 Å². The van der Waals surface area contributed by atoms with Gasteiger partial charge in [0, 0.05) is 14.6 Å². The number of hydrogen-bond acceptors (Lipinski definition) is 5. The number of benzene rings is 3. The van der Waals surface area contributed by atoms with Gasteiger partial charge < -0.3 is 24.3 Å². The molecule has 7 heteroatoms. The van der Waals surface area contributed by atoms with E-state index < -0.39 is 0 Å². The molecule has 0 fully saturated rings. The third-order valence-electron chi connectivity index (χ3n) is 4.34. The third kappa shape index (κ3) is 3.12. The smallest absolute Gasteiger partial charge is 0.260 e. The van der Waals surface area contributed by atoms with E-state index in [1.54, 1.807) is 13.2 Å². The lowest BCUT2D eigenvalue weighted by atomic mass is 10.1. The molecule has 0 unspecified atom stereocenters. The number of fused-ring (bicyclic) bond motifs is 2. The van der Waals surface area contributed by atoms with Gasteiger partial charge in [-0.05, 0) is 58.3 Å². The molecule has 1 aliphatic heterocycles. The van der Waals surface area contributed by atoms with Crippen LogP contribution in [0.2, 0.25) is 0 Å². The minimum Gasteiger partial charge on any atom is -0.493 e. The molecule has 1 N–H and O–H groups in total. The Hall–Kier alpha value is -2.68. The topological polar surface area (TPSA) is 66.0 Å². The zero-order valence-electron chi connectivity index (χ0n) is 14.7. The summed E-state index contributed by atoms with van der Waals surface area (Å²) in [7, 11) is 3.06. The van der Waals surface area contributed by atoms with E-state index in [1.165, 1.54) is 7.11 Å². The predicted molar refractivity (Wildman–Crippen MR) is 110 cm³/mol. The van der Waals surface area contributed by atoms with E-state index in [4.69, 9.17) is 18.9 Å². The van der Waals surface area contributed by atoms with Crippen molar-refractivity contribution < 1.29 is 23.7 Å². The molecule has 3 aromatic carbocycles. The highest BCUT2D eigenvalue weighted by molar-refractivity contribution is 14.1. The lowest BCUT2D eigenvalue weighted by Gasteiger charge is -2.15. The fraction of sp³-hybridized carbons (Fsp3) is 0.150. The number of halogens is 1. The van der Waals surface area contributed by atoms with E-state index in [-0.39, 0.29) is 12.7 Å². The standard InChI is InChI=1S/C20H16INO5/c1-24-15-7-6-13(21)18(19(15)25-2)20(23)22-14-5-3-4-11-8-16-17(9-12(11)14)27-10-26-16/h3-9H,10H2,1-2H3,(H,22,23). The molecular weight excluding hydrogens is 461 g/mol. The Morgan fingerprint density at radius 1 is 1.07 bits per heavy atom. The number of hydrogen-bond donors (Lipinski definition) is 1. The zero-order chi connectivity index (χ0) is 19.0. The molecule has 3 aromatic rings. The molecule has 4 rings (SSSR count). The molecule has 27 heavy (non-hydrogen) atoms. The van der Waals surface area contributed by atoms with Crippen LogP contribution in [0.15, 0.2) is 42.5 Å². The molecule has 1 amide bonds. The molecular formula is C20H16INO5. The molecule has 1 aliphatic rings. The number of carbonyl (C=O) groups is 1.